The molecule has 6 nitrogen and oxygen atoms in total. The van der Waals surface area contributed by atoms with Gasteiger partial charge in [-0.2, -0.15) is 65.0 Å². The molecule has 0 N–H and O–H groups in total. The maximum Gasteiger partial charge on any atom is 0.468 e. The van der Waals surface area contributed by atoms with E-state index < -0.39 is 85.9 Å². The van der Waals surface area contributed by atoms with Crippen LogP contribution in [0.15, 0.2) is 133 Å². The molecule has 2 aliphatic carbocycles. The molecule has 0 radical (unpaired) electrons. The third-order valence-electron chi connectivity index (χ3n) is 12.8. The van der Waals surface area contributed by atoms with Gasteiger partial charge in [0.1, 0.15) is 16.9 Å². The van der Waals surface area contributed by atoms with Gasteiger partial charge in [-0.1, -0.05) is 78.6 Å². The lowest BCUT2D eigenvalue weighted by Gasteiger charge is -2.41. The van der Waals surface area contributed by atoms with Crippen LogP contribution in [0.3, 0.4) is 0 Å². The second-order valence-electron chi connectivity index (χ2n) is 20.3. The third-order valence-corrected chi connectivity index (χ3v) is 12.8. The Morgan fingerprint density at radius 1 is 0.519 bits per heavy atom. The number of benzene rings is 5. The molecule has 5 aromatic carbocycles. The fraction of sp³-hybridized carbons (Fsp3) is 0.279. The summed E-state index contributed by atoms with van der Waals surface area (Å²) in [6, 6.07) is 27.5. The Balaban J connectivity index is 1.47. The Labute approximate surface area is 438 Å². The Kier molecular flexibility index (Phi) is 14.4. The van der Waals surface area contributed by atoms with Crippen LogP contribution in [0.5, 0.6) is 11.5 Å². The summed E-state index contributed by atoms with van der Waals surface area (Å²) in [4.78, 5) is 0. The van der Waals surface area contributed by atoms with Crippen molar-refractivity contribution >= 4 is 5.57 Å². The predicted molar refractivity (Wildman–Crippen MR) is 266 cm³/mol. The molecule has 0 amide bonds. The molecular weight excluding hydrogens is 1010 g/mol. The summed E-state index contributed by atoms with van der Waals surface area (Å²) >= 11 is 0. The molecule has 1 unspecified atom stereocenters. The van der Waals surface area contributed by atoms with Crippen LogP contribution < -0.4 is 9.47 Å². The zero-order valence-electron chi connectivity index (χ0n) is 42.2. The van der Waals surface area contributed by atoms with E-state index in [4.69, 9.17) is 9.47 Å². The average molecular weight is 1060 g/mol. The van der Waals surface area contributed by atoms with Crippen LogP contribution in [-0.4, -0.2) is 12.2 Å². The molecule has 77 heavy (non-hydrogen) atoms. The molecule has 0 saturated carbocycles. The van der Waals surface area contributed by atoms with Gasteiger partial charge < -0.3 is 9.47 Å². The van der Waals surface area contributed by atoms with Crippen LogP contribution in [0.25, 0.3) is 5.57 Å². The molecule has 0 heterocycles. The number of fused-ring (bicyclic) bond motifs is 3. The Morgan fingerprint density at radius 3 is 1.42 bits per heavy atom. The molecule has 5 aromatic rings. The summed E-state index contributed by atoms with van der Waals surface area (Å²) in [5, 5.41) is 42.4. The van der Waals surface area contributed by atoms with E-state index in [2.05, 4.69) is 17.9 Å². The van der Waals surface area contributed by atoms with Gasteiger partial charge in [-0.25, -0.2) is 0 Å². The van der Waals surface area contributed by atoms with Crippen molar-refractivity contribution in [2.75, 3.05) is 0 Å². The second-order valence-corrected chi connectivity index (χ2v) is 20.3. The van der Waals surface area contributed by atoms with E-state index in [1.54, 1.807) is 84.9 Å². The number of alkyl halides is 10. The zero-order valence-corrected chi connectivity index (χ0v) is 42.2. The second kappa shape index (κ2) is 19.8. The van der Waals surface area contributed by atoms with E-state index in [1.165, 1.54) is 66.7 Å². The van der Waals surface area contributed by atoms with Gasteiger partial charge in [0.15, 0.2) is 5.41 Å². The lowest BCUT2D eigenvalue weighted by atomic mass is 9.57. The highest BCUT2D eigenvalue weighted by molar-refractivity contribution is 5.94. The van der Waals surface area contributed by atoms with Crippen molar-refractivity contribution in [3.8, 4) is 59.5 Å². The summed E-state index contributed by atoms with van der Waals surface area (Å²) in [7, 11) is 0. The van der Waals surface area contributed by atoms with Crippen LogP contribution in [0.4, 0.5) is 43.9 Å². The predicted octanol–water partition coefficient (Wildman–Crippen LogP) is 15.4. The van der Waals surface area contributed by atoms with Crippen LogP contribution in [0.1, 0.15) is 116 Å². The Morgan fingerprint density at radius 2 is 0.987 bits per heavy atom. The van der Waals surface area contributed by atoms with Crippen molar-refractivity contribution in [2.45, 2.75) is 95.7 Å². The minimum atomic E-state index is -5.01. The first-order chi connectivity index (χ1) is 35.8. The minimum absolute atomic E-state index is 0.224. The number of halogens is 10. The quantitative estimate of drug-likeness (QED) is 0.107. The Hall–Kier alpha value is -8.70. The minimum Gasteiger partial charge on any atom is -0.423 e. The van der Waals surface area contributed by atoms with Gasteiger partial charge in [0, 0.05) is 22.7 Å². The molecule has 0 saturated heterocycles. The highest BCUT2D eigenvalue weighted by Gasteiger charge is 2.54. The summed E-state index contributed by atoms with van der Waals surface area (Å²) in [5.74, 6) is 8.04. The molecule has 2 aliphatic rings. The highest BCUT2D eigenvalue weighted by Crippen LogP contribution is 2.58. The molecular formula is C61H44F10N4O2. The standard InChI is InChI=1S/C61H44F10N4O2/c1-8-45-46-31-38(34-72)12-23-48(46)59(39-13-19-43(20-14-39)76-57(62,63)29-27-53(2,3)4,40-15-21-44(22-16-40)77-58(64,65)30-28-54(5,6)7)47(45)11-9-10-26-55(35-73)49-24-17-42(61(69,70)71)33-52(49)56(36-74,37-75)50-25-18-41(32-51(50)55)60(66,67)68/h8-25,31-33H,26H2,1-7H3/b10-9-,45-8-,47-11+. The summed E-state index contributed by atoms with van der Waals surface area (Å²) < 4.78 is 157. The first kappa shape index (κ1) is 56.0. The summed E-state index contributed by atoms with van der Waals surface area (Å²) in [6.07, 6.45) is -12.3. The summed E-state index contributed by atoms with van der Waals surface area (Å²) in [5.41, 5.74) is -9.41. The van der Waals surface area contributed by atoms with Crippen molar-refractivity contribution in [3.05, 3.63) is 194 Å². The highest BCUT2D eigenvalue weighted by atomic mass is 19.4. The maximum absolute atomic E-state index is 15.1. The van der Waals surface area contributed by atoms with Crippen molar-refractivity contribution in [2.24, 2.45) is 10.8 Å². The van der Waals surface area contributed by atoms with Gasteiger partial charge in [-0.3, -0.25) is 0 Å². The molecule has 0 bridgehead atoms. The molecule has 0 aliphatic heterocycles. The van der Waals surface area contributed by atoms with Crippen molar-refractivity contribution in [1.82, 2.24) is 0 Å². The smallest absolute Gasteiger partial charge is 0.423 e. The largest absolute Gasteiger partial charge is 0.468 e. The lowest BCUT2D eigenvalue weighted by Crippen LogP contribution is -2.41. The maximum atomic E-state index is 15.1. The van der Waals surface area contributed by atoms with E-state index in [-0.39, 0.29) is 22.6 Å². The fourth-order valence-corrected chi connectivity index (χ4v) is 9.54. The molecule has 390 valence electrons. The number of hydrogen-bond donors (Lipinski definition) is 0. The first-order valence-electron chi connectivity index (χ1n) is 23.5. The van der Waals surface area contributed by atoms with Crippen LogP contribution >= 0.6 is 0 Å². The van der Waals surface area contributed by atoms with E-state index in [9.17, 15) is 47.4 Å². The molecule has 0 fully saturated rings. The summed E-state index contributed by atoms with van der Waals surface area (Å²) in [6.45, 7) is 11.5. The van der Waals surface area contributed by atoms with E-state index in [1.807, 2.05) is 17.9 Å². The normalized spacial score (nSPS) is 17.7. The number of ether oxygens (including phenoxy) is 2. The van der Waals surface area contributed by atoms with Crippen molar-refractivity contribution in [3.63, 3.8) is 0 Å². The Bertz CT molecular complexity index is 3470. The van der Waals surface area contributed by atoms with Crippen molar-refractivity contribution < 1.29 is 53.4 Å². The fourth-order valence-electron chi connectivity index (χ4n) is 9.54. The number of nitriles is 4. The van der Waals surface area contributed by atoms with E-state index in [0.29, 0.717) is 57.7 Å². The van der Waals surface area contributed by atoms with Crippen LogP contribution in [-0.2, 0) is 28.6 Å². The van der Waals surface area contributed by atoms with Crippen LogP contribution in [0, 0.1) is 79.8 Å². The molecule has 0 spiro atoms. The monoisotopic (exact) mass is 1050 g/mol. The third kappa shape index (κ3) is 10.8. The number of nitrogens with zero attached hydrogens (tertiary/aromatic N) is 4. The van der Waals surface area contributed by atoms with E-state index in [0.717, 1.165) is 12.1 Å². The van der Waals surface area contributed by atoms with Gasteiger partial charge in [0.25, 0.3) is 0 Å². The SMILES string of the molecule is C\C=C1/C(=C\C=C/CC2(C#N)c3ccc(C(F)(F)F)cc3C(C#N)(C#N)c3ccc(C(F)(F)F)cc32)C(c2ccc(OC(F)(F)C#CC(C)(C)C)cc2)(c2ccc(OC(F)(F)C#CC(C)(C)C)cc2)c2ccc(C#N)cc21. The van der Waals surface area contributed by atoms with Gasteiger partial charge in [-0.15, -0.1) is 0 Å². The van der Waals surface area contributed by atoms with Crippen LogP contribution in [0.2, 0.25) is 0 Å². The number of rotatable bonds is 9. The number of allylic oxidation sites excluding steroid dienone is 6. The van der Waals surface area contributed by atoms with Gasteiger partial charge in [0.2, 0.25) is 0 Å². The van der Waals surface area contributed by atoms with Crippen molar-refractivity contribution in [1.29, 1.82) is 21.0 Å². The molecule has 7 rings (SSSR count). The van der Waals surface area contributed by atoms with Gasteiger partial charge in [0.05, 0.1) is 46.4 Å². The molecule has 0 aromatic heterocycles. The average Bonchev–Trinajstić information content (AvgIpc) is 3.90. The van der Waals surface area contributed by atoms with Gasteiger partial charge in [-0.05, 0) is 171 Å². The first-order valence-corrected chi connectivity index (χ1v) is 23.5. The lowest BCUT2D eigenvalue weighted by molar-refractivity contribution is -0.138. The zero-order chi connectivity index (χ0) is 56.8. The van der Waals surface area contributed by atoms with Gasteiger partial charge >= 0.3 is 24.6 Å². The van der Waals surface area contributed by atoms with E-state index >= 15 is 17.6 Å². The molecule has 1 atom stereocenters. The topological polar surface area (TPSA) is 114 Å². The number of hydrogen-bond acceptors (Lipinski definition) is 6. The molecule has 16 heteroatoms.